The van der Waals surface area contributed by atoms with E-state index in [1.165, 1.54) is 11.8 Å². The van der Waals surface area contributed by atoms with Crippen molar-refractivity contribution >= 4 is 51.7 Å². The van der Waals surface area contributed by atoms with Crippen molar-refractivity contribution in [2.24, 2.45) is 4.99 Å². The highest BCUT2D eigenvalue weighted by Crippen LogP contribution is 2.30. The molecule has 1 aliphatic heterocycles. The van der Waals surface area contributed by atoms with Crippen molar-refractivity contribution in [2.75, 3.05) is 12.4 Å². The number of thioether (sulfide) groups is 1. The molecule has 1 fully saturated rings. The summed E-state index contributed by atoms with van der Waals surface area (Å²) in [5.41, 5.74) is 1.20. The first kappa shape index (κ1) is 18.3. The lowest BCUT2D eigenvalue weighted by atomic mass is 10.2. The van der Waals surface area contributed by atoms with Gasteiger partial charge in [-0.2, -0.15) is 0 Å². The van der Waals surface area contributed by atoms with Gasteiger partial charge in [0.2, 0.25) is 11.8 Å². The van der Waals surface area contributed by atoms with Gasteiger partial charge in [-0.3, -0.25) is 9.59 Å². The van der Waals surface area contributed by atoms with Crippen molar-refractivity contribution in [1.82, 2.24) is 5.32 Å². The van der Waals surface area contributed by atoms with Crippen molar-refractivity contribution in [3.05, 3.63) is 53.6 Å². The van der Waals surface area contributed by atoms with Crippen LogP contribution in [-0.4, -0.2) is 29.3 Å². The number of nitrogens with one attached hydrogen (secondary N) is 2. The monoisotopic (exact) mass is 389 g/mol. The second-order valence-corrected chi connectivity index (χ2v) is 7.08. The summed E-state index contributed by atoms with van der Waals surface area (Å²) < 4.78 is 5.25. The lowest BCUT2D eigenvalue weighted by Crippen LogP contribution is -2.28. The van der Waals surface area contributed by atoms with Gasteiger partial charge in [0.25, 0.3) is 0 Å². The van der Waals surface area contributed by atoms with Gasteiger partial charge in [0, 0.05) is 17.1 Å². The summed E-state index contributed by atoms with van der Waals surface area (Å²) in [6.45, 7) is 0. The van der Waals surface area contributed by atoms with Crippen LogP contribution in [0.25, 0.3) is 0 Å². The molecule has 1 aliphatic rings. The van der Waals surface area contributed by atoms with Crippen molar-refractivity contribution in [2.45, 2.75) is 11.7 Å². The summed E-state index contributed by atoms with van der Waals surface area (Å²) in [6.07, 6.45) is 0.0357. The van der Waals surface area contributed by atoms with Gasteiger partial charge >= 0.3 is 0 Å². The van der Waals surface area contributed by atoms with E-state index in [2.05, 4.69) is 15.6 Å². The number of benzene rings is 2. The van der Waals surface area contributed by atoms with Crippen LogP contribution >= 0.6 is 23.4 Å². The Morgan fingerprint density at radius 1 is 1.31 bits per heavy atom. The number of rotatable bonds is 5. The largest absolute Gasteiger partial charge is 0.494 e. The Kier molecular flexibility index (Phi) is 5.80. The molecule has 2 aromatic rings. The van der Waals surface area contributed by atoms with Gasteiger partial charge in [0.15, 0.2) is 5.17 Å². The molecule has 0 aromatic heterocycles. The number of carbonyl (C=O) groups excluding carboxylic acids is 2. The maximum atomic E-state index is 12.2. The number of nitrogens with zero attached hydrogens (tertiary/aromatic N) is 1. The Bertz CT molecular complexity index is 872. The molecule has 0 saturated carbocycles. The molecule has 2 aromatic carbocycles. The van der Waals surface area contributed by atoms with Crippen LogP contribution in [0.4, 0.5) is 11.4 Å². The lowest BCUT2D eigenvalue weighted by molar-refractivity contribution is -0.122. The lowest BCUT2D eigenvalue weighted by Gasteiger charge is -2.07. The number of aliphatic imine (C=N–C) groups is 1. The third-order valence-electron chi connectivity index (χ3n) is 3.56. The number of para-hydroxylation sites is 2. The number of ether oxygens (including phenoxy) is 1. The van der Waals surface area contributed by atoms with Gasteiger partial charge in [0.05, 0.1) is 7.11 Å². The third kappa shape index (κ3) is 4.56. The number of anilines is 1. The molecule has 2 amide bonds. The second-order valence-electron chi connectivity index (χ2n) is 5.45. The van der Waals surface area contributed by atoms with Gasteiger partial charge in [-0.25, -0.2) is 4.99 Å². The smallest absolute Gasteiger partial charge is 0.240 e. The minimum atomic E-state index is -0.539. The van der Waals surface area contributed by atoms with E-state index >= 15 is 0 Å². The maximum Gasteiger partial charge on any atom is 0.240 e. The van der Waals surface area contributed by atoms with E-state index in [0.29, 0.717) is 27.3 Å². The molecule has 6 nitrogen and oxygen atoms in total. The van der Waals surface area contributed by atoms with E-state index in [0.717, 1.165) is 0 Å². The Labute approximate surface area is 160 Å². The summed E-state index contributed by atoms with van der Waals surface area (Å²) in [5.74, 6) is 0.0975. The van der Waals surface area contributed by atoms with Crippen LogP contribution in [0.1, 0.15) is 6.42 Å². The molecule has 0 spiro atoms. The third-order valence-corrected chi connectivity index (χ3v) is 4.88. The van der Waals surface area contributed by atoms with Gasteiger partial charge in [-0.15, -0.1) is 0 Å². The van der Waals surface area contributed by atoms with E-state index in [1.54, 1.807) is 43.5 Å². The molecule has 1 saturated heterocycles. The Morgan fingerprint density at radius 2 is 2.12 bits per heavy atom. The number of methoxy groups -OCH3 is 1. The van der Waals surface area contributed by atoms with Crippen molar-refractivity contribution in [1.29, 1.82) is 0 Å². The summed E-state index contributed by atoms with van der Waals surface area (Å²) in [7, 11) is 1.56. The SMILES string of the molecule is COc1ccccc1N=C1NC(=O)[C@H](CC(=O)Nc2cccc(Cl)c2)S1. The summed E-state index contributed by atoms with van der Waals surface area (Å²) in [5, 5.41) is 5.87. The van der Waals surface area contributed by atoms with Crippen LogP contribution in [0.5, 0.6) is 5.75 Å². The summed E-state index contributed by atoms with van der Waals surface area (Å²) in [6, 6.07) is 14.1. The fraction of sp³-hybridized carbons (Fsp3) is 0.167. The predicted octanol–water partition coefficient (Wildman–Crippen LogP) is 3.60. The van der Waals surface area contributed by atoms with Crippen LogP contribution in [-0.2, 0) is 9.59 Å². The number of hydrogen-bond donors (Lipinski definition) is 2. The Balaban J connectivity index is 1.64. The normalized spacial score (nSPS) is 17.8. The zero-order chi connectivity index (χ0) is 18.5. The van der Waals surface area contributed by atoms with Crippen LogP contribution in [0.15, 0.2) is 53.5 Å². The van der Waals surface area contributed by atoms with E-state index in [9.17, 15) is 9.59 Å². The molecule has 1 heterocycles. The van der Waals surface area contributed by atoms with Gasteiger partial charge < -0.3 is 15.4 Å². The second kappa shape index (κ2) is 8.25. The highest BCUT2D eigenvalue weighted by Gasteiger charge is 2.32. The molecule has 26 heavy (non-hydrogen) atoms. The number of amidine groups is 1. The summed E-state index contributed by atoms with van der Waals surface area (Å²) in [4.78, 5) is 28.7. The fourth-order valence-corrected chi connectivity index (χ4v) is 3.54. The molecule has 0 radical (unpaired) electrons. The first-order valence-electron chi connectivity index (χ1n) is 7.80. The summed E-state index contributed by atoms with van der Waals surface area (Å²) >= 11 is 7.12. The standard InChI is InChI=1S/C18H16ClN3O3S/c1-25-14-8-3-2-7-13(14)21-18-22-17(24)15(26-18)10-16(23)20-12-6-4-5-11(19)9-12/h2-9,15H,10H2,1H3,(H,20,23)(H,21,22,24)/t15-/m0/s1. The molecular weight excluding hydrogens is 374 g/mol. The molecule has 134 valence electrons. The quantitative estimate of drug-likeness (QED) is 0.818. The minimum Gasteiger partial charge on any atom is -0.494 e. The molecule has 2 N–H and O–H groups in total. The topological polar surface area (TPSA) is 79.8 Å². The minimum absolute atomic E-state index is 0.0357. The van der Waals surface area contributed by atoms with E-state index in [4.69, 9.17) is 16.3 Å². The van der Waals surface area contributed by atoms with Crippen LogP contribution in [0, 0.1) is 0 Å². The van der Waals surface area contributed by atoms with E-state index in [1.807, 2.05) is 12.1 Å². The van der Waals surface area contributed by atoms with Crippen molar-refractivity contribution in [3.8, 4) is 5.75 Å². The van der Waals surface area contributed by atoms with Gasteiger partial charge in [-0.1, -0.05) is 41.6 Å². The van der Waals surface area contributed by atoms with Crippen LogP contribution < -0.4 is 15.4 Å². The Morgan fingerprint density at radius 3 is 2.88 bits per heavy atom. The zero-order valence-electron chi connectivity index (χ0n) is 13.9. The maximum absolute atomic E-state index is 12.2. The molecule has 0 unspecified atom stereocenters. The van der Waals surface area contributed by atoms with E-state index < -0.39 is 5.25 Å². The molecule has 3 rings (SSSR count). The average molecular weight is 390 g/mol. The van der Waals surface area contributed by atoms with Crippen LogP contribution in [0.3, 0.4) is 0 Å². The molecule has 0 aliphatic carbocycles. The highest BCUT2D eigenvalue weighted by atomic mass is 35.5. The first-order chi connectivity index (χ1) is 12.5. The highest BCUT2D eigenvalue weighted by molar-refractivity contribution is 8.15. The van der Waals surface area contributed by atoms with Crippen LogP contribution in [0.2, 0.25) is 5.02 Å². The molecular formula is C18H16ClN3O3S. The zero-order valence-corrected chi connectivity index (χ0v) is 15.4. The van der Waals surface area contributed by atoms with Gasteiger partial charge in [0.1, 0.15) is 16.7 Å². The molecule has 0 bridgehead atoms. The molecule has 1 atom stereocenters. The number of carbonyl (C=O) groups is 2. The first-order valence-corrected chi connectivity index (χ1v) is 9.05. The van der Waals surface area contributed by atoms with Crippen molar-refractivity contribution in [3.63, 3.8) is 0 Å². The average Bonchev–Trinajstić information content (AvgIpc) is 2.94. The number of halogens is 1. The Hall–Kier alpha value is -2.51. The number of hydrogen-bond acceptors (Lipinski definition) is 5. The predicted molar refractivity (Wildman–Crippen MR) is 104 cm³/mol. The van der Waals surface area contributed by atoms with Crippen molar-refractivity contribution < 1.29 is 14.3 Å². The molecule has 8 heteroatoms. The van der Waals surface area contributed by atoms with E-state index in [-0.39, 0.29) is 18.2 Å². The number of amides is 2. The van der Waals surface area contributed by atoms with Gasteiger partial charge in [-0.05, 0) is 30.3 Å². The fourth-order valence-electron chi connectivity index (χ4n) is 2.37.